The van der Waals surface area contributed by atoms with E-state index in [1.807, 2.05) is 0 Å². The Balaban J connectivity index is 3.54. The average molecular weight is 224 g/mol. The van der Waals surface area contributed by atoms with Gasteiger partial charge in [0, 0.05) is 0 Å². The number of hydrogen-bond acceptors (Lipinski definition) is 3. The second-order valence-corrected chi connectivity index (χ2v) is 5.20. The van der Waals surface area contributed by atoms with E-state index >= 15 is 0 Å². The Morgan fingerprint density at radius 1 is 1.33 bits per heavy atom. The molecule has 4 heteroatoms. The van der Waals surface area contributed by atoms with Crippen molar-refractivity contribution in [1.29, 1.82) is 0 Å². The van der Waals surface area contributed by atoms with E-state index in [1.54, 1.807) is 0 Å². The zero-order valence-corrected chi connectivity index (χ0v) is 9.89. The molecule has 0 heterocycles. The number of thiocarbonyl (C=S) groups is 1. The molecule has 0 amide bonds. The first kappa shape index (κ1) is 12.6. The summed E-state index contributed by atoms with van der Waals surface area (Å²) in [5, 5.41) is 8.90. The third-order valence-electron chi connectivity index (χ3n) is 1.72. The molecule has 0 rings (SSSR count). The van der Waals surface area contributed by atoms with Crippen LogP contribution in [0.2, 0.25) is 0 Å². The van der Waals surface area contributed by atoms with Gasteiger partial charge in [-0.2, -0.15) is 25.3 Å². The summed E-state index contributed by atoms with van der Waals surface area (Å²) in [5.41, 5.74) is 0. The SMILES string of the molecule is CCCCCCC(S)(S)C(O)=S. The molecule has 1 nitrogen and oxygen atoms in total. The maximum Gasteiger partial charge on any atom is 0.182 e. The number of hydrogen-bond donors (Lipinski definition) is 3. The van der Waals surface area contributed by atoms with Crippen molar-refractivity contribution in [2.75, 3.05) is 0 Å². The summed E-state index contributed by atoms with van der Waals surface area (Å²) in [5.74, 6) is 0. The Morgan fingerprint density at radius 3 is 2.33 bits per heavy atom. The van der Waals surface area contributed by atoms with Crippen LogP contribution in [0.4, 0.5) is 0 Å². The first-order valence-electron chi connectivity index (χ1n) is 4.19. The second-order valence-electron chi connectivity index (χ2n) is 2.93. The topological polar surface area (TPSA) is 20.2 Å². The predicted octanol–water partition coefficient (Wildman–Crippen LogP) is 3.40. The quantitative estimate of drug-likeness (QED) is 0.278. The van der Waals surface area contributed by atoms with Gasteiger partial charge in [-0.15, -0.1) is 0 Å². The van der Waals surface area contributed by atoms with Gasteiger partial charge in [-0.05, 0) is 18.6 Å². The van der Waals surface area contributed by atoms with Crippen LogP contribution >= 0.6 is 37.5 Å². The molecule has 0 aromatic heterocycles. The van der Waals surface area contributed by atoms with Gasteiger partial charge >= 0.3 is 0 Å². The fourth-order valence-corrected chi connectivity index (χ4v) is 1.32. The summed E-state index contributed by atoms with van der Waals surface area (Å²) in [7, 11) is 0. The lowest BCUT2D eigenvalue weighted by Gasteiger charge is -2.18. The van der Waals surface area contributed by atoms with Crippen molar-refractivity contribution in [2.45, 2.75) is 43.1 Å². The summed E-state index contributed by atoms with van der Waals surface area (Å²) in [6.07, 6.45) is 5.32. The van der Waals surface area contributed by atoms with Crippen molar-refractivity contribution >= 4 is 42.5 Å². The van der Waals surface area contributed by atoms with E-state index in [2.05, 4.69) is 44.4 Å². The Labute approximate surface area is 90.8 Å². The molecule has 0 atom stereocenters. The van der Waals surface area contributed by atoms with Crippen molar-refractivity contribution in [2.24, 2.45) is 0 Å². The van der Waals surface area contributed by atoms with Crippen LogP contribution in [-0.4, -0.2) is 14.2 Å². The highest BCUT2D eigenvalue weighted by Gasteiger charge is 2.24. The molecule has 0 saturated carbocycles. The van der Waals surface area contributed by atoms with Gasteiger partial charge in [0.05, 0.1) is 0 Å². The van der Waals surface area contributed by atoms with E-state index in [1.165, 1.54) is 12.8 Å². The van der Waals surface area contributed by atoms with Crippen molar-refractivity contribution in [3.63, 3.8) is 0 Å². The minimum Gasteiger partial charge on any atom is -0.500 e. The number of aliphatic hydroxyl groups excluding tert-OH is 1. The Morgan fingerprint density at radius 2 is 1.92 bits per heavy atom. The van der Waals surface area contributed by atoms with Crippen molar-refractivity contribution in [3.05, 3.63) is 0 Å². The molecule has 12 heavy (non-hydrogen) atoms. The number of thiol groups is 2. The Kier molecular flexibility index (Phi) is 6.41. The minimum absolute atomic E-state index is 0.120. The van der Waals surface area contributed by atoms with Crippen LogP contribution in [0.15, 0.2) is 0 Å². The number of unbranched alkanes of at least 4 members (excludes halogenated alkanes) is 3. The highest BCUT2D eigenvalue weighted by atomic mass is 32.2. The lowest BCUT2D eigenvalue weighted by molar-refractivity contribution is 0.531. The van der Waals surface area contributed by atoms with Crippen molar-refractivity contribution < 1.29 is 5.11 Å². The fraction of sp³-hybridized carbons (Fsp3) is 0.875. The average Bonchev–Trinajstić information content (AvgIpc) is 1.98. The van der Waals surface area contributed by atoms with Gasteiger partial charge in [0.15, 0.2) is 5.05 Å². The van der Waals surface area contributed by atoms with E-state index in [-0.39, 0.29) is 5.05 Å². The summed E-state index contributed by atoms with van der Waals surface area (Å²) in [6.45, 7) is 2.16. The van der Waals surface area contributed by atoms with E-state index in [0.717, 1.165) is 19.3 Å². The van der Waals surface area contributed by atoms with E-state index in [9.17, 15) is 0 Å². The molecule has 0 aromatic rings. The van der Waals surface area contributed by atoms with Gasteiger partial charge in [-0.1, -0.05) is 32.6 Å². The van der Waals surface area contributed by atoms with Gasteiger partial charge in [0.2, 0.25) is 0 Å². The van der Waals surface area contributed by atoms with Gasteiger partial charge in [-0.25, -0.2) is 0 Å². The smallest absolute Gasteiger partial charge is 0.182 e. The van der Waals surface area contributed by atoms with E-state index < -0.39 is 4.08 Å². The first-order valence-corrected chi connectivity index (χ1v) is 5.49. The van der Waals surface area contributed by atoms with E-state index in [4.69, 9.17) is 5.11 Å². The molecule has 0 aliphatic rings. The zero-order chi connectivity index (χ0) is 9.61. The molecule has 0 unspecified atom stereocenters. The van der Waals surface area contributed by atoms with Gasteiger partial charge in [-0.3, -0.25) is 0 Å². The highest BCUT2D eigenvalue weighted by Crippen LogP contribution is 2.27. The second kappa shape index (κ2) is 6.11. The number of aliphatic hydroxyl groups is 1. The van der Waals surface area contributed by atoms with Crippen LogP contribution < -0.4 is 0 Å². The molecular formula is C8H16OS3. The molecule has 72 valence electrons. The Bertz CT molecular complexity index is 145. The third-order valence-corrected chi connectivity index (χ3v) is 3.24. The zero-order valence-electron chi connectivity index (χ0n) is 7.29. The van der Waals surface area contributed by atoms with Gasteiger partial charge in [0.25, 0.3) is 0 Å². The molecule has 1 N–H and O–H groups in total. The summed E-state index contributed by atoms with van der Waals surface area (Å²) >= 11 is 12.9. The lowest BCUT2D eigenvalue weighted by atomic mass is 10.1. The highest BCUT2D eigenvalue weighted by molar-refractivity contribution is 8.03. The van der Waals surface area contributed by atoms with Gasteiger partial charge < -0.3 is 5.11 Å². The predicted molar refractivity (Wildman–Crippen MR) is 64.7 cm³/mol. The third kappa shape index (κ3) is 5.27. The van der Waals surface area contributed by atoms with E-state index in [0.29, 0.717) is 0 Å². The maximum absolute atomic E-state index is 9.02. The fourth-order valence-electron chi connectivity index (χ4n) is 0.905. The van der Waals surface area contributed by atoms with Crippen molar-refractivity contribution in [3.8, 4) is 0 Å². The molecule has 0 aliphatic carbocycles. The van der Waals surface area contributed by atoms with Crippen LogP contribution in [0.25, 0.3) is 0 Å². The monoisotopic (exact) mass is 224 g/mol. The minimum atomic E-state index is -0.775. The van der Waals surface area contributed by atoms with Crippen molar-refractivity contribution in [1.82, 2.24) is 0 Å². The van der Waals surface area contributed by atoms with Crippen LogP contribution in [0.3, 0.4) is 0 Å². The molecular weight excluding hydrogens is 208 g/mol. The molecule has 0 bridgehead atoms. The van der Waals surface area contributed by atoms with Crippen LogP contribution in [0.1, 0.15) is 39.0 Å². The number of rotatable bonds is 6. The normalized spacial score (nSPS) is 11.6. The molecule has 0 fully saturated rings. The Hall–Kier alpha value is 0.590. The molecule has 0 aromatic carbocycles. The molecule has 0 aliphatic heterocycles. The summed E-state index contributed by atoms with van der Waals surface area (Å²) in [6, 6.07) is 0. The van der Waals surface area contributed by atoms with Crippen LogP contribution in [0.5, 0.6) is 0 Å². The standard InChI is InChI=1S/C8H16OS3/c1-2-3-4-5-6-8(11,12)7(9)10/h11-12H,2-6H2,1H3,(H,9,10). The molecule has 0 radical (unpaired) electrons. The molecule has 0 saturated heterocycles. The van der Waals surface area contributed by atoms with Gasteiger partial charge in [0.1, 0.15) is 4.08 Å². The lowest BCUT2D eigenvalue weighted by Crippen LogP contribution is -2.23. The first-order chi connectivity index (χ1) is 5.50. The summed E-state index contributed by atoms with van der Waals surface area (Å²) < 4.78 is -0.775. The largest absolute Gasteiger partial charge is 0.500 e. The molecule has 0 spiro atoms. The summed E-state index contributed by atoms with van der Waals surface area (Å²) in [4.78, 5) is 0. The van der Waals surface area contributed by atoms with Crippen LogP contribution in [-0.2, 0) is 0 Å². The van der Waals surface area contributed by atoms with Crippen LogP contribution in [0, 0.1) is 0 Å². The maximum atomic E-state index is 9.02.